The van der Waals surface area contributed by atoms with Gasteiger partial charge in [0.2, 0.25) is 23.6 Å². The summed E-state index contributed by atoms with van der Waals surface area (Å²) in [5.41, 5.74) is 1.14. The van der Waals surface area contributed by atoms with Gasteiger partial charge in [0.25, 0.3) is 17.7 Å². The van der Waals surface area contributed by atoms with E-state index in [9.17, 15) is 48.3 Å². The van der Waals surface area contributed by atoms with Crippen LogP contribution in [-0.2, 0) is 49.5 Å². The van der Waals surface area contributed by atoms with E-state index in [-0.39, 0.29) is 61.1 Å². The lowest BCUT2D eigenvalue weighted by atomic mass is 9.92. The molecule has 1 saturated heterocycles. The fourth-order valence-electron chi connectivity index (χ4n) is 8.73. The molecular formula is C50H72N8O11S. The molecule has 0 radical (unpaired) electrons. The predicted octanol–water partition coefficient (Wildman–Crippen LogP) is 4.63. The van der Waals surface area contributed by atoms with Crippen LogP contribution in [0.25, 0.3) is 0 Å². The molecule has 1 aromatic carbocycles. The number of aliphatic carboxylic acids is 1. The number of imide groups is 1. The Morgan fingerprint density at radius 2 is 1.63 bits per heavy atom. The van der Waals surface area contributed by atoms with Crippen molar-refractivity contribution in [1.82, 2.24) is 35.6 Å². The molecule has 0 bridgehead atoms. The van der Waals surface area contributed by atoms with Crippen molar-refractivity contribution in [3.8, 4) is 0 Å². The first-order chi connectivity index (χ1) is 33.1. The molecule has 1 fully saturated rings. The molecule has 2 unspecified atom stereocenters. The number of carboxylic acids is 1. The van der Waals surface area contributed by atoms with Crippen LogP contribution >= 0.6 is 11.3 Å². The van der Waals surface area contributed by atoms with Gasteiger partial charge < -0.3 is 36.0 Å². The first kappa shape index (κ1) is 56.6. The van der Waals surface area contributed by atoms with E-state index in [4.69, 9.17) is 4.74 Å². The zero-order valence-electron chi connectivity index (χ0n) is 41.9. The van der Waals surface area contributed by atoms with E-state index >= 15 is 0 Å². The van der Waals surface area contributed by atoms with Crippen molar-refractivity contribution in [2.45, 2.75) is 149 Å². The number of rotatable bonds is 26. The summed E-state index contributed by atoms with van der Waals surface area (Å²) in [6, 6.07) is 3.39. The number of nitrogens with one attached hydrogen (secondary N) is 4. The van der Waals surface area contributed by atoms with E-state index < -0.39 is 84.2 Å². The maximum atomic E-state index is 14.3. The van der Waals surface area contributed by atoms with Crippen LogP contribution in [0.3, 0.4) is 0 Å². The molecule has 0 saturated carbocycles. The predicted molar refractivity (Wildman–Crippen MR) is 263 cm³/mol. The fraction of sp³-hybridized carbons (Fsp3) is 0.600. The second-order valence-corrected chi connectivity index (χ2v) is 19.8. The van der Waals surface area contributed by atoms with Crippen LogP contribution in [0.15, 0.2) is 41.8 Å². The summed E-state index contributed by atoms with van der Waals surface area (Å²) in [7, 11) is 3.61. The molecule has 3 heterocycles. The first-order valence-corrected chi connectivity index (χ1v) is 25.2. The van der Waals surface area contributed by atoms with Gasteiger partial charge in [0.15, 0.2) is 6.10 Å². The third-order valence-electron chi connectivity index (χ3n) is 13.1. The van der Waals surface area contributed by atoms with E-state index in [1.54, 1.807) is 36.2 Å². The number of carboxylic acid groups (broad SMARTS) is 1. The molecule has 4 rings (SSSR count). The van der Waals surface area contributed by atoms with Gasteiger partial charge >= 0.3 is 11.9 Å². The number of nitrogens with zero attached hydrogens (tertiary/aromatic N) is 4. The normalized spacial score (nSPS) is 18.0. The second kappa shape index (κ2) is 26.8. The highest BCUT2D eigenvalue weighted by molar-refractivity contribution is 7.09. The smallest absolute Gasteiger partial charge is 0.306 e. The highest BCUT2D eigenvalue weighted by Gasteiger charge is 2.38. The molecular weight excluding hydrogens is 921 g/mol. The quantitative estimate of drug-likeness (QED) is 0.0638. The Balaban J connectivity index is 1.43. The van der Waals surface area contributed by atoms with Crippen LogP contribution in [0.2, 0.25) is 0 Å². The lowest BCUT2D eigenvalue weighted by Gasteiger charge is -2.38. The number of likely N-dealkylation sites (N-methyl/N-ethyl adjacent to an activating group) is 2. The van der Waals surface area contributed by atoms with Crippen molar-refractivity contribution < 1.29 is 53.0 Å². The number of hydrogen-bond donors (Lipinski definition) is 5. The van der Waals surface area contributed by atoms with E-state index in [0.717, 1.165) is 54.2 Å². The number of ether oxygens (including phenoxy) is 1. The monoisotopic (exact) mass is 993 g/mol. The molecule has 0 aliphatic carbocycles. The highest BCUT2D eigenvalue weighted by atomic mass is 32.1. The van der Waals surface area contributed by atoms with Crippen LogP contribution in [0, 0.1) is 17.8 Å². The number of amides is 7. The summed E-state index contributed by atoms with van der Waals surface area (Å²) >= 11 is 1.11. The average molecular weight is 993 g/mol. The minimum Gasteiger partial charge on any atom is -0.481 e. The molecule has 19 nitrogen and oxygen atoms in total. The van der Waals surface area contributed by atoms with E-state index in [0.29, 0.717) is 35.5 Å². The molecule has 7 amide bonds. The van der Waals surface area contributed by atoms with Crippen LogP contribution in [-0.4, -0.2) is 135 Å². The van der Waals surface area contributed by atoms with Crippen molar-refractivity contribution in [2.24, 2.45) is 17.8 Å². The maximum Gasteiger partial charge on any atom is 0.306 e. The van der Waals surface area contributed by atoms with Gasteiger partial charge in [-0.1, -0.05) is 79.4 Å². The number of hydrogen-bond acceptors (Lipinski definition) is 13. The largest absolute Gasteiger partial charge is 0.481 e. The van der Waals surface area contributed by atoms with Gasteiger partial charge in [-0.2, -0.15) is 0 Å². The standard InChI is InChI=1S/C50H72N8O11S/c1-10-12-15-38(58-42(61)21-22-43(58)62)46(64)51-27-41(60)52-34-19-17-33(18-20-34)25-35(24-31(6)50(67)68)53-45(63)36-28-70-48(54-36)40(69-32(7)59)26-39(29(3)4)57(9)49(66)44(30(5)11-2)55-47(65)37-16-13-14-23-56(37)8/h17-22,28-31,35,37-40,44H,10-16,23-27H2,1-9H3,(H,51,64)(H,52,60)(H,53,63)(H,55,65)(H,67,68)/t30-,31?,35+,37+,38?,39+,40+,44-/m0/s1. The number of benzene rings is 1. The zero-order chi connectivity index (χ0) is 51.8. The minimum atomic E-state index is -1.05. The first-order valence-electron chi connectivity index (χ1n) is 24.3. The van der Waals surface area contributed by atoms with E-state index in [1.807, 2.05) is 46.6 Å². The summed E-state index contributed by atoms with van der Waals surface area (Å²) < 4.78 is 5.80. The van der Waals surface area contributed by atoms with Gasteiger partial charge in [-0.25, -0.2) is 4.98 Å². The molecule has 0 spiro atoms. The third-order valence-corrected chi connectivity index (χ3v) is 14.0. The van der Waals surface area contributed by atoms with E-state index in [1.165, 1.54) is 19.2 Å². The molecule has 5 N–H and O–H groups in total. The van der Waals surface area contributed by atoms with Gasteiger partial charge in [0, 0.05) is 55.7 Å². The van der Waals surface area contributed by atoms with Crippen LogP contribution in [0.1, 0.15) is 133 Å². The molecule has 2 aromatic rings. The highest BCUT2D eigenvalue weighted by Crippen LogP contribution is 2.31. The summed E-state index contributed by atoms with van der Waals surface area (Å²) in [6.07, 6.45) is 6.62. The number of thiazole rings is 1. The summed E-state index contributed by atoms with van der Waals surface area (Å²) in [5, 5.41) is 22.8. The van der Waals surface area contributed by atoms with Crippen LogP contribution < -0.4 is 21.3 Å². The van der Waals surface area contributed by atoms with Gasteiger partial charge in [-0.15, -0.1) is 11.3 Å². The average Bonchev–Trinajstić information content (AvgIpc) is 3.95. The van der Waals surface area contributed by atoms with Gasteiger partial charge in [0.1, 0.15) is 22.8 Å². The Morgan fingerprint density at radius 3 is 2.21 bits per heavy atom. The Labute approximate surface area is 414 Å². The molecule has 2 aliphatic rings. The Bertz CT molecular complexity index is 2200. The number of carbonyl (C=O) groups excluding carboxylic acids is 8. The van der Waals surface area contributed by atoms with Gasteiger partial charge in [0.05, 0.1) is 18.5 Å². The van der Waals surface area contributed by atoms with E-state index in [2.05, 4.69) is 26.3 Å². The molecule has 20 heteroatoms. The summed E-state index contributed by atoms with van der Waals surface area (Å²) in [5.74, 6) is -6.09. The van der Waals surface area contributed by atoms with Crippen molar-refractivity contribution in [1.29, 1.82) is 0 Å². The Hall–Kier alpha value is -6.02. The molecule has 2 aliphatic heterocycles. The van der Waals surface area contributed by atoms with Gasteiger partial charge in [-0.3, -0.25) is 53.0 Å². The third kappa shape index (κ3) is 16.0. The maximum absolute atomic E-state index is 14.3. The number of unbranched alkanes of at least 4 members (excludes halogenated alkanes) is 1. The Morgan fingerprint density at radius 1 is 0.957 bits per heavy atom. The lowest BCUT2D eigenvalue weighted by Crippen LogP contribution is -2.58. The zero-order valence-corrected chi connectivity index (χ0v) is 42.8. The molecule has 384 valence electrons. The minimum absolute atomic E-state index is 0.0278. The van der Waals surface area contributed by atoms with Crippen molar-refractivity contribution in [3.63, 3.8) is 0 Å². The molecule has 1 aromatic heterocycles. The molecule has 70 heavy (non-hydrogen) atoms. The number of piperidine rings is 1. The fourth-order valence-corrected chi connectivity index (χ4v) is 9.57. The molecule has 8 atom stereocenters. The lowest BCUT2D eigenvalue weighted by molar-refractivity contribution is -0.149. The Kier molecular flexibility index (Phi) is 21.7. The number of likely N-dealkylation sites (tertiary alicyclic amines) is 1. The number of esters is 1. The summed E-state index contributed by atoms with van der Waals surface area (Å²) in [4.78, 5) is 126. The summed E-state index contributed by atoms with van der Waals surface area (Å²) in [6.45, 7) is 12.9. The van der Waals surface area contributed by atoms with Crippen molar-refractivity contribution in [3.05, 3.63) is 58.1 Å². The van der Waals surface area contributed by atoms with Crippen molar-refractivity contribution >= 4 is 70.3 Å². The van der Waals surface area contributed by atoms with Crippen LogP contribution in [0.4, 0.5) is 5.69 Å². The number of anilines is 1. The topological polar surface area (TPSA) is 254 Å². The number of aromatic nitrogens is 1. The number of carbonyl (C=O) groups is 9. The SMILES string of the molecule is CCCCC(C(=O)NCC(=O)Nc1ccc(C[C@@H](CC(C)C(=O)O)NC(=O)c2csc([C@@H](C[C@H](C(C)C)N(C)C(=O)[C@@H](NC(=O)[C@H]3CCCCN3C)[C@@H](C)CC)OC(C)=O)n2)cc1)N1C(=O)C=CC1=O. The van der Waals surface area contributed by atoms with Crippen LogP contribution in [0.5, 0.6) is 0 Å². The van der Waals surface area contributed by atoms with Gasteiger partial charge in [-0.05, 0) is 75.2 Å². The van der Waals surface area contributed by atoms with Crippen molar-refractivity contribution in [2.75, 3.05) is 32.5 Å². The second-order valence-electron chi connectivity index (χ2n) is 18.9.